The average Bonchev–Trinajstić information content (AvgIpc) is 2.18. The summed E-state index contributed by atoms with van der Waals surface area (Å²) in [5, 5.41) is 0. The zero-order chi connectivity index (χ0) is 13.2. The molecule has 1 aromatic rings. The molecule has 96 valence electrons. The minimum atomic E-state index is -5.05. The fourth-order valence-electron chi connectivity index (χ4n) is 1.25. The second-order valence-electron chi connectivity index (χ2n) is 3.18. The third-order valence-electron chi connectivity index (χ3n) is 2.06. The van der Waals surface area contributed by atoms with Gasteiger partial charge in [-0.1, -0.05) is 0 Å². The summed E-state index contributed by atoms with van der Waals surface area (Å²) < 4.78 is 64.7. The normalized spacial score (nSPS) is 12.0. The van der Waals surface area contributed by atoms with Gasteiger partial charge in [0.2, 0.25) is 0 Å². The van der Waals surface area contributed by atoms with E-state index in [-0.39, 0.29) is 17.7 Å². The van der Waals surface area contributed by atoms with Gasteiger partial charge in [-0.25, -0.2) is 8.78 Å². The van der Waals surface area contributed by atoms with Crippen molar-refractivity contribution in [1.82, 2.24) is 4.98 Å². The second kappa shape index (κ2) is 4.82. The Morgan fingerprint density at radius 1 is 1.41 bits per heavy atom. The first-order valence-electron chi connectivity index (χ1n) is 4.48. The molecular weight excluding hydrogens is 247 g/mol. The standard InChI is InChI=1S/C9H9F5N2O/c1-4-5(2-15)3-16-6(8(10)11)7(4)17-9(12,13)14/h3,8H,2,15H2,1H3. The van der Waals surface area contributed by atoms with Gasteiger partial charge in [0, 0.05) is 12.7 Å². The number of nitrogens with zero attached hydrogens (tertiary/aromatic N) is 1. The predicted molar refractivity (Wildman–Crippen MR) is 48.5 cm³/mol. The molecular formula is C9H9F5N2O. The number of hydrogen-bond acceptors (Lipinski definition) is 3. The molecule has 2 N–H and O–H groups in total. The highest BCUT2D eigenvalue weighted by Crippen LogP contribution is 2.35. The lowest BCUT2D eigenvalue weighted by Crippen LogP contribution is -2.20. The largest absolute Gasteiger partial charge is 0.573 e. The molecule has 0 spiro atoms. The molecule has 0 unspecified atom stereocenters. The van der Waals surface area contributed by atoms with Crippen molar-refractivity contribution in [2.24, 2.45) is 5.73 Å². The van der Waals surface area contributed by atoms with Crippen LogP contribution in [0, 0.1) is 6.92 Å². The van der Waals surface area contributed by atoms with E-state index in [4.69, 9.17) is 5.73 Å². The van der Waals surface area contributed by atoms with E-state index in [1.54, 1.807) is 0 Å². The smallest absolute Gasteiger partial charge is 0.403 e. The zero-order valence-corrected chi connectivity index (χ0v) is 8.68. The van der Waals surface area contributed by atoms with Crippen LogP contribution in [0.1, 0.15) is 23.2 Å². The minimum absolute atomic E-state index is 0.0878. The van der Waals surface area contributed by atoms with Crippen molar-refractivity contribution >= 4 is 0 Å². The molecule has 1 aromatic heterocycles. The molecule has 0 amide bonds. The van der Waals surface area contributed by atoms with Gasteiger partial charge in [-0.15, -0.1) is 13.2 Å². The van der Waals surface area contributed by atoms with Gasteiger partial charge >= 0.3 is 6.36 Å². The topological polar surface area (TPSA) is 48.1 Å². The van der Waals surface area contributed by atoms with Gasteiger partial charge in [0.15, 0.2) is 5.75 Å². The lowest BCUT2D eigenvalue weighted by Gasteiger charge is -2.16. The van der Waals surface area contributed by atoms with Crippen LogP contribution in [0.5, 0.6) is 5.75 Å². The predicted octanol–water partition coefficient (Wildman–Crippen LogP) is 2.68. The van der Waals surface area contributed by atoms with Gasteiger partial charge in [0.1, 0.15) is 5.69 Å². The lowest BCUT2D eigenvalue weighted by atomic mass is 10.1. The second-order valence-corrected chi connectivity index (χ2v) is 3.18. The third kappa shape index (κ3) is 3.26. The highest BCUT2D eigenvalue weighted by molar-refractivity contribution is 5.42. The summed E-state index contributed by atoms with van der Waals surface area (Å²) in [5.74, 6) is -0.976. The SMILES string of the molecule is Cc1c(CN)cnc(C(F)F)c1OC(F)(F)F. The Kier molecular flexibility index (Phi) is 3.87. The van der Waals surface area contributed by atoms with Gasteiger partial charge in [-0.05, 0) is 18.1 Å². The number of ether oxygens (including phenoxy) is 1. The summed E-state index contributed by atoms with van der Waals surface area (Å²) in [6.07, 6.45) is -7.19. The Hall–Kier alpha value is -1.44. The van der Waals surface area contributed by atoms with Crippen molar-refractivity contribution < 1.29 is 26.7 Å². The van der Waals surface area contributed by atoms with Crippen LogP contribution in [0.4, 0.5) is 22.0 Å². The molecule has 0 aliphatic carbocycles. The van der Waals surface area contributed by atoms with Gasteiger partial charge in [0.25, 0.3) is 6.43 Å². The quantitative estimate of drug-likeness (QED) is 0.846. The fourth-order valence-corrected chi connectivity index (χ4v) is 1.25. The van der Waals surface area contributed by atoms with E-state index in [1.807, 2.05) is 0 Å². The first-order valence-corrected chi connectivity index (χ1v) is 4.48. The maximum absolute atomic E-state index is 12.5. The number of nitrogens with two attached hydrogens (primary N) is 1. The molecule has 0 aliphatic rings. The molecule has 0 saturated carbocycles. The third-order valence-corrected chi connectivity index (χ3v) is 2.06. The van der Waals surface area contributed by atoms with E-state index < -0.39 is 24.2 Å². The molecule has 0 atom stereocenters. The number of alkyl halides is 5. The van der Waals surface area contributed by atoms with Crippen molar-refractivity contribution in [2.75, 3.05) is 0 Å². The first kappa shape index (κ1) is 13.6. The molecule has 17 heavy (non-hydrogen) atoms. The van der Waals surface area contributed by atoms with Crippen molar-refractivity contribution in [3.05, 3.63) is 23.0 Å². The number of pyridine rings is 1. The maximum Gasteiger partial charge on any atom is 0.573 e. The van der Waals surface area contributed by atoms with E-state index in [9.17, 15) is 22.0 Å². The number of hydrogen-bond donors (Lipinski definition) is 1. The molecule has 8 heteroatoms. The Labute approximate surface area is 93.4 Å². The summed E-state index contributed by atoms with van der Waals surface area (Å²) >= 11 is 0. The summed E-state index contributed by atoms with van der Waals surface area (Å²) in [6, 6.07) is 0. The van der Waals surface area contributed by atoms with E-state index in [2.05, 4.69) is 9.72 Å². The average molecular weight is 256 g/mol. The first-order chi connectivity index (χ1) is 7.76. The van der Waals surface area contributed by atoms with Gasteiger partial charge in [0.05, 0.1) is 0 Å². The monoisotopic (exact) mass is 256 g/mol. The van der Waals surface area contributed by atoms with Crippen molar-refractivity contribution in [3.8, 4) is 5.75 Å². The Bertz CT molecular complexity index is 405. The van der Waals surface area contributed by atoms with Crippen LogP contribution in [-0.2, 0) is 6.54 Å². The lowest BCUT2D eigenvalue weighted by molar-refractivity contribution is -0.275. The van der Waals surface area contributed by atoms with E-state index >= 15 is 0 Å². The van der Waals surface area contributed by atoms with Crippen LogP contribution in [-0.4, -0.2) is 11.3 Å². The molecule has 1 rings (SSSR count). The number of rotatable bonds is 3. The highest BCUT2D eigenvalue weighted by atomic mass is 19.4. The Morgan fingerprint density at radius 3 is 2.41 bits per heavy atom. The zero-order valence-electron chi connectivity index (χ0n) is 8.68. The van der Waals surface area contributed by atoms with Crippen molar-refractivity contribution in [1.29, 1.82) is 0 Å². The van der Waals surface area contributed by atoms with E-state index in [1.165, 1.54) is 6.92 Å². The Balaban J connectivity index is 3.30. The molecule has 0 saturated heterocycles. The summed E-state index contributed by atoms with van der Waals surface area (Å²) in [5.41, 5.74) is 4.33. The highest BCUT2D eigenvalue weighted by Gasteiger charge is 2.35. The molecule has 0 aromatic carbocycles. The minimum Gasteiger partial charge on any atom is -0.403 e. The van der Waals surface area contributed by atoms with Gasteiger partial charge < -0.3 is 10.5 Å². The van der Waals surface area contributed by atoms with E-state index in [0.29, 0.717) is 0 Å². The molecule has 1 heterocycles. The van der Waals surface area contributed by atoms with Crippen molar-refractivity contribution in [2.45, 2.75) is 26.3 Å². The maximum atomic E-state index is 12.5. The van der Waals surface area contributed by atoms with Crippen LogP contribution in [0.15, 0.2) is 6.20 Å². The molecule has 0 fully saturated rings. The van der Waals surface area contributed by atoms with Crippen molar-refractivity contribution in [3.63, 3.8) is 0 Å². The molecule has 0 aliphatic heterocycles. The van der Waals surface area contributed by atoms with Crippen LogP contribution < -0.4 is 10.5 Å². The van der Waals surface area contributed by atoms with Crippen LogP contribution in [0.3, 0.4) is 0 Å². The molecule has 3 nitrogen and oxygen atoms in total. The molecule has 0 bridgehead atoms. The van der Waals surface area contributed by atoms with Gasteiger partial charge in [-0.3, -0.25) is 4.98 Å². The van der Waals surface area contributed by atoms with Crippen LogP contribution in [0.2, 0.25) is 0 Å². The summed E-state index contributed by atoms with van der Waals surface area (Å²) in [4.78, 5) is 3.24. The van der Waals surface area contributed by atoms with Crippen LogP contribution >= 0.6 is 0 Å². The fraction of sp³-hybridized carbons (Fsp3) is 0.444. The van der Waals surface area contributed by atoms with Gasteiger partial charge in [-0.2, -0.15) is 0 Å². The van der Waals surface area contributed by atoms with E-state index in [0.717, 1.165) is 6.20 Å². The number of aromatic nitrogens is 1. The van der Waals surface area contributed by atoms with Crippen LogP contribution in [0.25, 0.3) is 0 Å². The summed E-state index contributed by atoms with van der Waals surface area (Å²) in [7, 11) is 0. The Morgan fingerprint density at radius 2 is 2.00 bits per heavy atom. The number of halogens is 5. The summed E-state index contributed by atoms with van der Waals surface area (Å²) in [6.45, 7) is 1.10. The molecule has 0 radical (unpaired) electrons.